The number of hydrogen-bond donors (Lipinski definition) is 0. The van der Waals surface area contributed by atoms with Gasteiger partial charge < -0.3 is 12.7 Å². The van der Waals surface area contributed by atoms with Gasteiger partial charge in [-0.15, -0.1) is 0 Å². The molecule has 0 aromatic heterocycles. The van der Waals surface area contributed by atoms with Gasteiger partial charge in [0.1, 0.15) is 0 Å². The lowest BCUT2D eigenvalue weighted by atomic mass is 11.9. The molecule has 10 heavy (non-hydrogen) atoms. The SMILES string of the molecule is C[Si](=O)O[SiH](C)O[SiH](C)C. The quantitative estimate of drug-likeness (QED) is 0.608. The highest BCUT2D eigenvalue weighted by Crippen LogP contribution is 1.92. The van der Waals surface area contributed by atoms with Crippen LogP contribution in [0.3, 0.4) is 0 Å². The molecule has 0 spiro atoms. The Morgan fingerprint density at radius 1 is 1.30 bits per heavy atom. The molecule has 0 heterocycles. The van der Waals surface area contributed by atoms with Gasteiger partial charge in [-0.25, -0.2) is 0 Å². The lowest BCUT2D eigenvalue weighted by molar-refractivity contribution is 0.405. The Labute approximate surface area is 66.7 Å². The maximum Gasteiger partial charge on any atom is 0.485 e. The molecule has 0 fully saturated rings. The summed E-state index contributed by atoms with van der Waals surface area (Å²) in [4.78, 5) is 0. The van der Waals surface area contributed by atoms with Crippen LogP contribution >= 0.6 is 0 Å². The summed E-state index contributed by atoms with van der Waals surface area (Å²) in [6.45, 7) is 7.68. The standard InChI is InChI=1S/C4H14O3Si3/c1-8(2)6-10(4)7-9(3)5/h8,10H,1-4H3. The minimum absolute atomic E-state index is 0.973. The molecule has 0 radical (unpaired) electrons. The predicted octanol–water partition coefficient (Wildman–Crippen LogP) is 0.402. The van der Waals surface area contributed by atoms with E-state index in [1.807, 2.05) is 6.55 Å². The van der Waals surface area contributed by atoms with Crippen LogP contribution in [0.25, 0.3) is 0 Å². The van der Waals surface area contributed by atoms with Crippen molar-refractivity contribution in [2.24, 2.45) is 0 Å². The maximum atomic E-state index is 10.6. The zero-order chi connectivity index (χ0) is 8.15. The summed E-state index contributed by atoms with van der Waals surface area (Å²) in [6.07, 6.45) is 0. The van der Waals surface area contributed by atoms with Crippen molar-refractivity contribution in [2.45, 2.75) is 26.2 Å². The molecule has 1 unspecified atom stereocenters. The normalized spacial score (nSPS) is 13.3. The van der Waals surface area contributed by atoms with Crippen LogP contribution in [0.4, 0.5) is 0 Å². The third-order valence-corrected chi connectivity index (χ3v) is 7.16. The van der Waals surface area contributed by atoms with Crippen molar-refractivity contribution in [3.05, 3.63) is 0 Å². The first-order chi connectivity index (χ1) is 4.52. The Bertz CT molecular complexity index is 116. The van der Waals surface area contributed by atoms with Crippen LogP contribution in [0, 0.1) is 0 Å². The van der Waals surface area contributed by atoms with Gasteiger partial charge in [0.15, 0.2) is 9.04 Å². The van der Waals surface area contributed by atoms with Crippen LogP contribution in [-0.2, 0) is 12.7 Å². The fourth-order valence-electron chi connectivity index (χ4n) is 0.645. The molecule has 0 saturated carbocycles. The lowest BCUT2D eigenvalue weighted by Crippen LogP contribution is -2.27. The van der Waals surface area contributed by atoms with Gasteiger partial charge >= 0.3 is 18.2 Å². The van der Waals surface area contributed by atoms with Gasteiger partial charge in [-0.3, -0.25) is 0 Å². The molecule has 1 atom stereocenters. The molecular formula is C4H14O3Si3. The first kappa shape index (κ1) is 10.2. The van der Waals surface area contributed by atoms with Crippen LogP contribution in [0.1, 0.15) is 0 Å². The van der Waals surface area contributed by atoms with Crippen LogP contribution in [0.5, 0.6) is 0 Å². The highest BCUT2D eigenvalue weighted by Gasteiger charge is 2.11. The summed E-state index contributed by atoms with van der Waals surface area (Å²) >= 11 is 0. The second kappa shape index (κ2) is 4.94. The third kappa shape index (κ3) is 6.33. The molecule has 0 amide bonds. The first-order valence-corrected chi connectivity index (χ1v) is 10.0. The second-order valence-corrected chi connectivity index (χ2v) is 8.61. The molecule has 0 aromatic carbocycles. The summed E-state index contributed by atoms with van der Waals surface area (Å²) in [5, 5.41) is 0. The van der Waals surface area contributed by atoms with E-state index in [1.165, 1.54) is 0 Å². The van der Waals surface area contributed by atoms with E-state index < -0.39 is 27.3 Å². The first-order valence-electron chi connectivity index (χ1n) is 3.35. The molecule has 60 valence electrons. The van der Waals surface area contributed by atoms with Gasteiger partial charge in [0.2, 0.25) is 0 Å². The Morgan fingerprint density at radius 3 is 2.10 bits per heavy atom. The minimum atomic E-state index is -1.77. The Morgan fingerprint density at radius 2 is 1.80 bits per heavy atom. The Balaban J connectivity index is 3.43. The fourth-order valence-corrected chi connectivity index (χ4v) is 6.30. The largest absolute Gasteiger partial charge is 0.562 e. The second-order valence-electron chi connectivity index (χ2n) is 2.36. The van der Waals surface area contributed by atoms with E-state index in [-0.39, 0.29) is 0 Å². The van der Waals surface area contributed by atoms with E-state index in [1.54, 1.807) is 6.55 Å². The molecule has 3 nitrogen and oxygen atoms in total. The van der Waals surface area contributed by atoms with E-state index >= 15 is 0 Å². The smallest absolute Gasteiger partial charge is 0.485 e. The molecular weight excluding hydrogens is 180 g/mol. The van der Waals surface area contributed by atoms with Crippen LogP contribution in [-0.4, -0.2) is 27.3 Å². The Kier molecular flexibility index (Phi) is 5.04. The lowest BCUT2D eigenvalue weighted by Gasteiger charge is -2.13. The van der Waals surface area contributed by atoms with Gasteiger partial charge in [0.25, 0.3) is 0 Å². The molecule has 6 heteroatoms. The van der Waals surface area contributed by atoms with Crippen LogP contribution in [0.15, 0.2) is 0 Å². The van der Waals surface area contributed by atoms with Crippen molar-refractivity contribution in [1.29, 1.82) is 0 Å². The number of rotatable bonds is 4. The average Bonchev–Trinajstić information content (AvgIpc) is 1.58. The zero-order valence-corrected chi connectivity index (χ0v) is 10.2. The predicted molar refractivity (Wildman–Crippen MR) is 46.4 cm³/mol. The van der Waals surface area contributed by atoms with Crippen molar-refractivity contribution in [3.8, 4) is 0 Å². The van der Waals surface area contributed by atoms with Gasteiger partial charge in [0, 0.05) is 6.55 Å². The Hall–Kier alpha value is 0.211. The minimum Gasteiger partial charge on any atom is -0.562 e. The highest BCUT2D eigenvalue weighted by atomic mass is 28.4. The van der Waals surface area contributed by atoms with Crippen molar-refractivity contribution in [3.63, 3.8) is 0 Å². The van der Waals surface area contributed by atoms with Crippen LogP contribution < -0.4 is 0 Å². The molecule has 0 N–H and O–H groups in total. The van der Waals surface area contributed by atoms with Gasteiger partial charge in [0.05, 0.1) is 0 Å². The van der Waals surface area contributed by atoms with E-state index in [9.17, 15) is 4.46 Å². The summed E-state index contributed by atoms with van der Waals surface area (Å²) in [7, 11) is -4.27. The summed E-state index contributed by atoms with van der Waals surface area (Å²) in [5.41, 5.74) is 0. The average molecular weight is 194 g/mol. The van der Waals surface area contributed by atoms with Gasteiger partial charge in [-0.1, -0.05) is 0 Å². The molecule has 0 bridgehead atoms. The fraction of sp³-hybridized carbons (Fsp3) is 1.00. The zero-order valence-electron chi connectivity index (χ0n) is 6.88. The molecule has 0 saturated heterocycles. The summed E-state index contributed by atoms with van der Waals surface area (Å²) in [6, 6.07) is 0. The number of hydrogen-bond acceptors (Lipinski definition) is 3. The van der Waals surface area contributed by atoms with Crippen molar-refractivity contribution in [2.75, 3.05) is 0 Å². The van der Waals surface area contributed by atoms with Crippen molar-refractivity contribution < 1.29 is 12.7 Å². The van der Waals surface area contributed by atoms with Gasteiger partial charge in [-0.2, -0.15) is 0 Å². The third-order valence-electron chi connectivity index (χ3n) is 0.796. The van der Waals surface area contributed by atoms with Gasteiger partial charge in [-0.05, 0) is 19.6 Å². The molecule has 0 aliphatic carbocycles. The van der Waals surface area contributed by atoms with E-state index in [4.69, 9.17) is 8.23 Å². The van der Waals surface area contributed by atoms with Crippen molar-refractivity contribution in [1.82, 2.24) is 0 Å². The maximum absolute atomic E-state index is 10.6. The molecule has 0 aliphatic heterocycles. The molecule has 0 rings (SSSR count). The summed E-state index contributed by atoms with van der Waals surface area (Å²) in [5.74, 6) is 0. The summed E-state index contributed by atoms with van der Waals surface area (Å²) < 4.78 is 21.1. The highest BCUT2D eigenvalue weighted by molar-refractivity contribution is 6.63. The monoisotopic (exact) mass is 194 g/mol. The molecule has 0 aromatic rings. The van der Waals surface area contributed by atoms with E-state index in [0.717, 1.165) is 0 Å². The van der Waals surface area contributed by atoms with Crippen molar-refractivity contribution >= 4 is 27.3 Å². The van der Waals surface area contributed by atoms with Crippen LogP contribution in [0.2, 0.25) is 26.2 Å². The van der Waals surface area contributed by atoms with E-state index in [2.05, 4.69) is 13.1 Å². The topological polar surface area (TPSA) is 35.5 Å². The van der Waals surface area contributed by atoms with E-state index in [0.29, 0.717) is 0 Å². The molecule has 0 aliphatic rings.